The summed E-state index contributed by atoms with van der Waals surface area (Å²) in [5.41, 5.74) is 2.65. The standard InChI is InChI=1S/C22H26ClN3O3/c1-29-22(28)19-7-5-17(6-8-19)14-24-21(27)16-26-11-9-25(10-12-26)15-18-3-2-4-20(23)13-18/h2-8,13H,9-12,14-16H2,1H3,(H,24,27). The molecule has 154 valence electrons. The van der Waals surface area contributed by atoms with Gasteiger partial charge in [-0.3, -0.25) is 14.6 Å². The smallest absolute Gasteiger partial charge is 0.337 e. The lowest BCUT2D eigenvalue weighted by atomic mass is 10.1. The van der Waals surface area contributed by atoms with Crippen LogP contribution in [0.2, 0.25) is 5.02 Å². The maximum atomic E-state index is 12.3. The number of rotatable bonds is 7. The normalized spacial score (nSPS) is 15.1. The quantitative estimate of drug-likeness (QED) is 0.704. The molecule has 0 saturated carbocycles. The van der Waals surface area contributed by atoms with Gasteiger partial charge in [-0.25, -0.2) is 4.79 Å². The topological polar surface area (TPSA) is 61.9 Å². The molecule has 0 unspecified atom stereocenters. The number of nitrogens with one attached hydrogen (secondary N) is 1. The first kappa shape index (κ1) is 21.3. The zero-order valence-corrected chi connectivity index (χ0v) is 17.3. The van der Waals surface area contributed by atoms with Crippen molar-refractivity contribution in [1.82, 2.24) is 15.1 Å². The second-order valence-electron chi connectivity index (χ2n) is 7.15. The summed E-state index contributed by atoms with van der Waals surface area (Å²) in [4.78, 5) is 28.3. The average molecular weight is 416 g/mol. The Balaban J connectivity index is 1.38. The minimum atomic E-state index is -0.366. The van der Waals surface area contributed by atoms with Gasteiger partial charge in [-0.1, -0.05) is 35.9 Å². The van der Waals surface area contributed by atoms with Crippen LogP contribution in [0, 0.1) is 0 Å². The van der Waals surface area contributed by atoms with Gasteiger partial charge in [0.15, 0.2) is 0 Å². The van der Waals surface area contributed by atoms with Gasteiger partial charge >= 0.3 is 5.97 Å². The fourth-order valence-electron chi connectivity index (χ4n) is 3.34. The van der Waals surface area contributed by atoms with Crippen LogP contribution in [0.3, 0.4) is 0 Å². The third-order valence-electron chi connectivity index (χ3n) is 4.99. The molecule has 1 heterocycles. The molecule has 0 radical (unpaired) electrons. The van der Waals surface area contributed by atoms with Gasteiger partial charge in [0.25, 0.3) is 0 Å². The van der Waals surface area contributed by atoms with Crippen LogP contribution in [0.5, 0.6) is 0 Å². The molecule has 2 aromatic carbocycles. The van der Waals surface area contributed by atoms with Crippen molar-refractivity contribution in [3.8, 4) is 0 Å². The zero-order chi connectivity index (χ0) is 20.6. The number of esters is 1. The number of hydrogen-bond donors (Lipinski definition) is 1. The Hall–Kier alpha value is -2.41. The number of ether oxygens (including phenoxy) is 1. The summed E-state index contributed by atoms with van der Waals surface area (Å²) in [5, 5.41) is 3.70. The van der Waals surface area contributed by atoms with E-state index < -0.39 is 0 Å². The van der Waals surface area contributed by atoms with E-state index in [1.807, 2.05) is 30.3 Å². The largest absolute Gasteiger partial charge is 0.465 e. The van der Waals surface area contributed by atoms with E-state index in [-0.39, 0.29) is 11.9 Å². The van der Waals surface area contributed by atoms with Gasteiger partial charge in [-0.05, 0) is 35.4 Å². The van der Waals surface area contributed by atoms with Gasteiger partial charge in [0.1, 0.15) is 0 Å². The molecule has 1 amide bonds. The van der Waals surface area contributed by atoms with Crippen LogP contribution >= 0.6 is 11.6 Å². The van der Waals surface area contributed by atoms with Crippen molar-refractivity contribution in [2.45, 2.75) is 13.1 Å². The highest BCUT2D eigenvalue weighted by Crippen LogP contribution is 2.14. The SMILES string of the molecule is COC(=O)c1ccc(CNC(=O)CN2CCN(Cc3cccc(Cl)c3)CC2)cc1. The minimum absolute atomic E-state index is 0.00494. The van der Waals surface area contributed by atoms with Crippen molar-refractivity contribution in [2.24, 2.45) is 0 Å². The molecule has 6 nitrogen and oxygen atoms in total. The summed E-state index contributed by atoms with van der Waals surface area (Å²) in [6.45, 7) is 5.29. The van der Waals surface area contributed by atoms with Crippen molar-refractivity contribution in [1.29, 1.82) is 0 Å². The number of benzene rings is 2. The molecule has 1 aliphatic heterocycles. The van der Waals surface area contributed by atoms with Crippen LogP contribution < -0.4 is 5.32 Å². The second-order valence-corrected chi connectivity index (χ2v) is 7.58. The highest BCUT2D eigenvalue weighted by molar-refractivity contribution is 6.30. The van der Waals surface area contributed by atoms with Gasteiger partial charge in [-0.15, -0.1) is 0 Å². The van der Waals surface area contributed by atoms with E-state index in [9.17, 15) is 9.59 Å². The zero-order valence-electron chi connectivity index (χ0n) is 16.6. The number of halogens is 1. The van der Waals surface area contributed by atoms with Crippen LogP contribution in [0.1, 0.15) is 21.5 Å². The molecule has 1 N–H and O–H groups in total. The van der Waals surface area contributed by atoms with E-state index in [4.69, 9.17) is 11.6 Å². The molecule has 3 rings (SSSR count). The molecule has 0 aliphatic carbocycles. The Morgan fingerprint density at radius 1 is 1.00 bits per heavy atom. The number of piperazine rings is 1. The maximum Gasteiger partial charge on any atom is 0.337 e. The third-order valence-corrected chi connectivity index (χ3v) is 5.23. The summed E-state index contributed by atoms with van der Waals surface area (Å²) in [6.07, 6.45) is 0. The molecule has 2 aromatic rings. The summed E-state index contributed by atoms with van der Waals surface area (Å²) < 4.78 is 4.68. The van der Waals surface area contributed by atoms with Crippen LogP contribution in [0.15, 0.2) is 48.5 Å². The highest BCUT2D eigenvalue weighted by Gasteiger charge is 2.19. The molecule has 0 spiro atoms. The van der Waals surface area contributed by atoms with Gasteiger partial charge in [0, 0.05) is 44.3 Å². The lowest BCUT2D eigenvalue weighted by Crippen LogP contribution is -2.49. The van der Waals surface area contributed by atoms with Crippen LogP contribution in [-0.2, 0) is 22.6 Å². The molecule has 0 aromatic heterocycles. The van der Waals surface area contributed by atoms with E-state index >= 15 is 0 Å². The first-order chi connectivity index (χ1) is 14.0. The van der Waals surface area contributed by atoms with Crippen molar-refractivity contribution in [3.63, 3.8) is 0 Å². The molecule has 1 saturated heterocycles. The Morgan fingerprint density at radius 2 is 1.69 bits per heavy atom. The predicted octanol–water partition coefficient (Wildman–Crippen LogP) is 2.56. The summed E-state index contributed by atoms with van der Waals surface area (Å²) >= 11 is 6.05. The van der Waals surface area contributed by atoms with E-state index in [2.05, 4.69) is 25.9 Å². The second kappa shape index (κ2) is 10.4. The van der Waals surface area contributed by atoms with Crippen molar-refractivity contribution in [2.75, 3.05) is 39.8 Å². The molecular formula is C22H26ClN3O3. The Labute approximate surface area is 176 Å². The van der Waals surface area contributed by atoms with E-state index in [0.717, 1.165) is 43.3 Å². The number of nitrogens with zero attached hydrogens (tertiary/aromatic N) is 2. The molecule has 29 heavy (non-hydrogen) atoms. The third kappa shape index (κ3) is 6.56. The van der Waals surface area contributed by atoms with Gasteiger partial charge in [0.05, 0.1) is 19.2 Å². The van der Waals surface area contributed by atoms with Crippen molar-refractivity contribution >= 4 is 23.5 Å². The average Bonchev–Trinajstić information content (AvgIpc) is 2.73. The number of carbonyl (C=O) groups excluding carboxylic acids is 2. The number of hydrogen-bond acceptors (Lipinski definition) is 5. The van der Waals surface area contributed by atoms with Gasteiger partial charge in [0.2, 0.25) is 5.91 Å². The highest BCUT2D eigenvalue weighted by atomic mass is 35.5. The lowest BCUT2D eigenvalue weighted by molar-refractivity contribution is -0.122. The van der Waals surface area contributed by atoms with E-state index in [0.29, 0.717) is 18.7 Å². The molecule has 0 atom stereocenters. The summed E-state index contributed by atoms with van der Waals surface area (Å²) in [6, 6.07) is 15.0. The Bertz CT molecular complexity index is 833. The van der Waals surface area contributed by atoms with Gasteiger partial charge in [-0.2, -0.15) is 0 Å². The van der Waals surface area contributed by atoms with Crippen LogP contribution in [-0.4, -0.2) is 61.5 Å². The van der Waals surface area contributed by atoms with E-state index in [1.165, 1.54) is 12.7 Å². The number of carbonyl (C=O) groups is 2. The van der Waals surface area contributed by atoms with Crippen LogP contribution in [0.4, 0.5) is 0 Å². The Morgan fingerprint density at radius 3 is 2.34 bits per heavy atom. The van der Waals surface area contributed by atoms with Crippen LogP contribution in [0.25, 0.3) is 0 Å². The molecular weight excluding hydrogens is 390 g/mol. The fraction of sp³-hybridized carbons (Fsp3) is 0.364. The maximum absolute atomic E-state index is 12.3. The molecule has 1 fully saturated rings. The summed E-state index contributed by atoms with van der Waals surface area (Å²) in [5.74, 6) is -0.361. The first-order valence-electron chi connectivity index (χ1n) is 9.66. The van der Waals surface area contributed by atoms with E-state index in [1.54, 1.807) is 12.1 Å². The monoisotopic (exact) mass is 415 g/mol. The summed E-state index contributed by atoms with van der Waals surface area (Å²) in [7, 11) is 1.35. The minimum Gasteiger partial charge on any atom is -0.465 e. The number of amides is 1. The number of methoxy groups -OCH3 is 1. The van der Waals surface area contributed by atoms with Crippen molar-refractivity contribution < 1.29 is 14.3 Å². The fourth-order valence-corrected chi connectivity index (χ4v) is 3.55. The molecule has 7 heteroatoms. The molecule has 0 bridgehead atoms. The molecule has 1 aliphatic rings. The Kier molecular flexibility index (Phi) is 7.63. The predicted molar refractivity (Wildman–Crippen MR) is 113 cm³/mol. The van der Waals surface area contributed by atoms with Crippen molar-refractivity contribution in [3.05, 3.63) is 70.2 Å². The lowest BCUT2D eigenvalue weighted by Gasteiger charge is -2.34. The first-order valence-corrected chi connectivity index (χ1v) is 10.0. The van der Waals surface area contributed by atoms with Gasteiger partial charge < -0.3 is 10.1 Å².